The quantitative estimate of drug-likeness (QED) is 0.266. The number of nitrogens with one attached hydrogen (secondary N) is 1. The van der Waals surface area contributed by atoms with Crippen LogP contribution in [0.1, 0.15) is 89.6 Å². The average molecular weight is 665 g/mol. The highest BCUT2D eigenvalue weighted by Crippen LogP contribution is 2.43. The van der Waals surface area contributed by atoms with Gasteiger partial charge in [-0.3, -0.25) is 14.6 Å². The molecule has 3 aromatic heterocycles. The van der Waals surface area contributed by atoms with Crippen LogP contribution in [0, 0.1) is 5.82 Å². The van der Waals surface area contributed by atoms with Crippen molar-refractivity contribution in [2.45, 2.75) is 82.6 Å². The van der Waals surface area contributed by atoms with Crippen LogP contribution in [-0.2, 0) is 17.7 Å². The Morgan fingerprint density at radius 2 is 1.88 bits per heavy atom. The number of hydrogen-bond acceptors (Lipinski definition) is 7. The normalized spacial score (nSPS) is 21.9. The zero-order valence-electron chi connectivity index (χ0n) is 27.9. The minimum atomic E-state index is -0.449. The summed E-state index contributed by atoms with van der Waals surface area (Å²) >= 11 is 0. The van der Waals surface area contributed by atoms with Gasteiger partial charge in [-0.05, 0) is 75.3 Å². The molecule has 5 heterocycles. The summed E-state index contributed by atoms with van der Waals surface area (Å²) in [5, 5.41) is 4.16. The van der Waals surface area contributed by atoms with Gasteiger partial charge in [0.1, 0.15) is 17.0 Å². The summed E-state index contributed by atoms with van der Waals surface area (Å²) in [7, 11) is 1.63. The lowest BCUT2D eigenvalue weighted by atomic mass is 10.0. The maximum atomic E-state index is 16.2. The lowest BCUT2D eigenvalue weighted by molar-refractivity contribution is 0.0227. The van der Waals surface area contributed by atoms with Crippen molar-refractivity contribution in [1.29, 1.82) is 0 Å². The largest absolute Gasteiger partial charge is 0.380 e. The van der Waals surface area contributed by atoms with Crippen molar-refractivity contribution in [3.8, 4) is 11.5 Å². The molecular weight excluding hydrogens is 623 g/mol. The monoisotopic (exact) mass is 664 g/mol. The van der Waals surface area contributed by atoms with Crippen LogP contribution in [0.3, 0.4) is 0 Å². The minimum Gasteiger partial charge on any atom is -0.380 e. The molecule has 49 heavy (non-hydrogen) atoms. The third-order valence-electron chi connectivity index (χ3n) is 10.4. The van der Waals surface area contributed by atoms with Gasteiger partial charge in [0.2, 0.25) is 0 Å². The van der Waals surface area contributed by atoms with Gasteiger partial charge in [0, 0.05) is 67.7 Å². The molecule has 2 bridgehead atoms. The zero-order valence-corrected chi connectivity index (χ0v) is 27.9. The van der Waals surface area contributed by atoms with Crippen LogP contribution in [0.25, 0.3) is 33.5 Å². The number of halogens is 1. The predicted octanol–water partition coefficient (Wildman–Crippen LogP) is 5.33. The molecule has 1 saturated heterocycles. The van der Waals surface area contributed by atoms with Crippen LogP contribution < -0.4 is 11.1 Å². The highest BCUT2D eigenvalue weighted by atomic mass is 19.1. The van der Waals surface area contributed by atoms with Crippen molar-refractivity contribution >= 4 is 33.8 Å². The number of imidazole rings is 1. The number of hydrogen-bond donors (Lipinski definition) is 2. The van der Waals surface area contributed by atoms with Gasteiger partial charge in [0.05, 0.1) is 29.1 Å². The van der Waals surface area contributed by atoms with E-state index in [0.717, 1.165) is 60.8 Å². The summed E-state index contributed by atoms with van der Waals surface area (Å²) in [6.07, 6.45) is 8.97. The molecule has 0 spiro atoms. The molecule has 3 atom stereocenters. The first-order valence-corrected chi connectivity index (χ1v) is 17.3. The van der Waals surface area contributed by atoms with Gasteiger partial charge in [0.15, 0.2) is 5.82 Å². The summed E-state index contributed by atoms with van der Waals surface area (Å²) < 4.78 is 26.0. The Hall–Kier alpha value is -4.68. The highest BCUT2D eigenvalue weighted by molar-refractivity contribution is 5.98. The third kappa shape index (κ3) is 5.76. The van der Waals surface area contributed by atoms with E-state index in [4.69, 9.17) is 15.5 Å². The Morgan fingerprint density at radius 1 is 1.04 bits per heavy atom. The number of methoxy groups -OCH3 is 1. The van der Waals surface area contributed by atoms with Gasteiger partial charge in [-0.25, -0.2) is 14.4 Å². The molecule has 5 aromatic rings. The van der Waals surface area contributed by atoms with Gasteiger partial charge >= 0.3 is 0 Å². The minimum absolute atomic E-state index is 0.104. The Kier molecular flexibility index (Phi) is 8.15. The summed E-state index contributed by atoms with van der Waals surface area (Å²) in [4.78, 5) is 42.5. The van der Waals surface area contributed by atoms with Gasteiger partial charge < -0.3 is 29.8 Å². The second-order valence-corrected chi connectivity index (χ2v) is 13.7. The molecule has 3 aliphatic rings. The van der Waals surface area contributed by atoms with E-state index in [1.165, 1.54) is 6.07 Å². The number of fused-ring (bicyclic) bond motifs is 3. The van der Waals surface area contributed by atoms with Gasteiger partial charge in [0.25, 0.3) is 11.8 Å². The molecule has 2 aromatic carbocycles. The van der Waals surface area contributed by atoms with E-state index in [1.54, 1.807) is 30.5 Å². The zero-order chi connectivity index (χ0) is 33.8. The fourth-order valence-electron chi connectivity index (χ4n) is 7.59. The third-order valence-corrected chi connectivity index (χ3v) is 10.4. The topological polar surface area (TPSA) is 133 Å². The summed E-state index contributed by atoms with van der Waals surface area (Å²) in [6.45, 7) is 3.56. The van der Waals surface area contributed by atoms with Crippen LogP contribution in [0.5, 0.6) is 0 Å². The van der Waals surface area contributed by atoms with Crippen molar-refractivity contribution in [2.75, 3.05) is 20.2 Å². The van der Waals surface area contributed by atoms with E-state index in [2.05, 4.69) is 38.1 Å². The molecule has 12 heteroatoms. The lowest BCUT2D eigenvalue weighted by Crippen LogP contribution is -2.53. The predicted molar refractivity (Wildman–Crippen MR) is 184 cm³/mol. The first-order chi connectivity index (χ1) is 23.8. The number of piperidine rings is 1. The number of aryl methyl sites for hydroxylation is 2. The van der Waals surface area contributed by atoms with Crippen LogP contribution in [0.15, 0.2) is 48.8 Å². The van der Waals surface area contributed by atoms with E-state index in [1.807, 2.05) is 17.6 Å². The van der Waals surface area contributed by atoms with Crippen molar-refractivity contribution in [1.82, 2.24) is 34.3 Å². The Balaban J connectivity index is 1.20. The maximum absolute atomic E-state index is 16.2. The molecule has 0 radical (unpaired) electrons. The van der Waals surface area contributed by atoms with E-state index in [0.29, 0.717) is 54.2 Å². The number of rotatable bonds is 4. The molecule has 11 nitrogen and oxygen atoms in total. The van der Waals surface area contributed by atoms with Gasteiger partial charge in [-0.2, -0.15) is 0 Å². The number of aromatic nitrogens is 5. The first kappa shape index (κ1) is 31.6. The highest BCUT2D eigenvalue weighted by Gasteiger charge is 2.34. The fourth-order valence-corrected chi connectivity index (χ4v) is 7.59. The second-order valence-electron chi connectivity index (χ2n) is 13.7. The van der Waals surface area contributed by atoms with Crippen molar-refractivity contribution in [2.24, 2.45) is 5.73 Å². The molecular formula is C37H41FN8O3. The van der Waals surface area contributed by atoms with Crippen LogP contribution in [-0.4, -0.2) is 73.1 Å². The van der Waals surface area contributed by atoms with E-state index in [9.17, 15) is 9.59 Å². The van der Waals surface area contributed by atoms with Crippen molar-refractivity contribution in [3.63, 3.8) is 0 Å². The molecule has 2 fully saturated rings. The molecule has 1 aliphatic carbocycles. The molecule has 2 amide bonds. The standard InChI is InChI=1S/C37H41FN8O3/c1-21-22-7-8-23-19-31(45(30(23)18-22)14-5-3-4-6-28-33(36(47)42-21)41-13-12-40-28)35-43-29-17-24(16-26(38)34(29)46(35)25-9-10-25)37(48)44-15-11-32(49-2)27(39)20-44/h7-8,12-13,16-19,21,25,27,32H,3-6,9-11,14-15,20,39H2,1-2H3,(H,42,47)/t21-,27+,32-/m1/s1. The molecule has 254 valence electrons. The van der Waals surface area contributed by atoms with Crippen LogP contribution in [0.2, 0.25) is 0 Å². The summed E-state index contributed by atoms with van der Waals surface area (Å²) in [5.41, 5.74) is 11.5. The number of likely N-dealkylation sites (tertiary alicyclic amines) is 1. The number of amides is 2. The van der Waals surface area contributed by atoms with Crippen LogP contribution in [0.4, 0.5) is 4.39 Å². The lowest BCUT2D eigenvalue weighted by Gasteiger charge is -2.35. The Bertz CT molecular complexity index is 2090. The molecule has 8 rings (SSSR count). The smallest absolute Gasteiger partial charge is 0.272 e. The molecule has 3 N–H and O–H groups in total. The number of carbonyl (C=O) groups is 2. The Morgan fingerprint density at radius 3 is 2.67 bits per heavy atom. The second kappa shape index (κ2) is 12.6. The van der Waals surface area contributed by atoms with Crippen molar-refractivity contribution in [3.05, 3.63) is 77.1 Å². The van der Waals surface area contributed by atoms with Gasteiger partial charge in [-0.15, -0.1) is 0 Å². The van der Waals surface area contributed by atoms with E-state index < -0.39 is 5.82 Å². The Labute approximate surface area is 283 Å². The van der Waals surface area contributed by atoms with Crippen molar-refractivity contribution < 1.29 is 18.7 Å². The van der Waals surface area contributed by atoms with E-state index in [-0.39, 0.29) is 41.6 Å². The van der Waals surface area contributed by atoms with Crippen LogP contribution >= 0.6 is 0 Å². The molecule has 1 saturated carbocycles. The fraction of sp³-hybridized carbons (Fsp3) is 0.432. The maximum Gasteiger partial charge on any atom is 0.272 e. The first-order valence-electron chi connectivity index (χ1n) is 17.3. The van der Waals surface area contributed by atoms with Gasteiger partial charge in [-0.1, -0.05) is 18.6 Å². The number of ether oxygens (including phenoxy) is 1. The number of nitrogens with zero attached hydrogens (tertiary/aromatic N) is 6. The average Bonchev–Trinajstić information content (AvgIpc) is 3.77. The molecule has 0 unspecified atom stereocenters. The van der Waals surface area contributed by atoms with E-state index >= 15 is 4.39 Å². The number of carbonyl (C=O) groups excluding carboxylic acids is 2. The summed E-state index contributed by atoms with van der Waals surface area (Å²) in [6, 6.07) is 11.0. The number of benzene rings is 2. The SMILES string of the molecule is CO[C@@H]1CCN(C(=O)c2cc(F)c3c(c2)nc(-c2cc4ccc5cc4n2CCCCCc2nccnc2C(=O)N[C@@H]5C)n3C2CC2)C[C@@H]1N. The number of nitrogens with two attached hydrogens (primary N) is 1. The summed E-state index contributed by atoms with van der Waals surface area (Å²) in [5.74, 6) is -0.231. The molecule has 2 aliphatic heterocycles.